The summed E-state index contributed by atoms with van der Waals surface area (Å²) in [5.41, 5.74) is 1.14. The van der Waals surface area contributed by atoms with E-state index in [-0.39, 0.29) is 19.8 Å². The van der Waals surface area contributed by atoms with Gasteiger partial charge in [0.2, 0.25) is 0 Å². The molecule has 1 heterocycles. The van der Waals surface area contributed by atoms with Gasteiger partial charge >= 0.3 is 0 Å². The van der Waals surface area contributed by atoms with Crippen molar-refractivity contribution >= 4 is 0 Å². The van der Waals surface area contributed by atoms with Gasteiger partial charge in [-0.2, -0.15) is 0 Å². The molecule has 1 aromatic rings. The maximum Gasteiger partial charge on any atom is 0.105 e. The standard InChI is InChI=1S/C6H10N2.C6H15NO3/c1-3-6-7-4-5(2)8-6;8-4-1-7(2-5-9)3-6-10/h4H,3H2,1-2H3,(H,7,8);8-10H,1-6H2. The highest BCUT2D eigenvalue weighted by atomic mass is 16.3. The largest absolute Gasteiger partial charge is 0.395 e. The van der Waals surface area contributed by atoms with Crippen LogP contribution in [0.5, 0.6) is 0 Å². The van der Waals surface area contributed by atoms with Crippen molar-refractivity contribution < 1.29 is 15.3 Å². The molecule has 1 aromatic heterocycles. The zero-order valence-electron chi connectivity index (χ0n) is 11.3. The number of hydrogen-bond donors (Lipinski definition) is 4. The molecule has 0 amide bonds. The smallest absolute Gasteiger partial charge is 0.105 e. The van der Waals surface area contributed by atoms with Crippen molar-refractivity contribution in [1.29, 1.82) is 0 Å². The van der Waals surface area contributed by atoms with E-state index in [0.29, 0.717) is 19.6 Å². The second-order valence-electron chi connectivity index (χ2n) is 3.88. The molecule has 18 heavy (non-hydrogen) atoms. The molecule has 0 aliphatic rings. The van der Waals surface area contributed by atoms with Gasteiger partial charge in [0.05, 0.1) is 19.8 Å². The maximum atomic E-state index is 8.48. The summed E-state index contributed by atoms with van der Waals surface area (Å²) in [7, 11) is 0. The molecule has 6 nitrogen and oxygen atoms in total. The van der Waals surface area contributed by atoms with Crippen LogP contribution in [-0.2, 0) is 6.42 Å². The van der Waals surface area contributed by atoms with Crippen LogP contribution in [0.4, 0.5) is 0 Å². The van der Waals surface area contributed by atoms with Gasteiger partial charge in [0.1, 0.15) is 5.82 Å². The molecule has 0 aliphatic heterocycles. The lowest BCUT2D eigenvalue weighted by Gasteiger charge is -2.17. The van der Waals surface area contributed by atoms with Gasteiger partial charge in [-0.25, -0.2) is 4.98 Å². The summed E-state index contributed by atoms with van der Waals surface area (Å²) in [4.78, 5) is 8.98. The average Bonchev–Trinajstić information content (AvgIpc) is 2.77. The normalized spacial score (nSPS) is 10.3. The van der Waals surface area contributed by atoms with E-state index in [4.69, 9.17) is 15.3 Å². The lowest BCUT2D eigenvalue weighted by Crippen LogP contribution is -2.32. The van der Waals surface area contributed by atoms with Gasteiger partial charge in [-0.15, -0.1) is 0 Å². The van der Waals surface area contributed by atoms with Crippen LogP contribution in [0, 0.1) is 6.92 Å². The third kappa shape index (κ3) is 8.19. The Morgan fingerprint density at radius 2 is 1.61 bits per heavy atom. The third-order valence-corrected chi connectivity index (χ3v) is 2.34. The number of imidazole rings is 1. The molecule has 0 saturated heterocycles. The van der Waals surface area contributed by atoms with Gasteiger partial charge in [-0.1, -0.05) is 6.92 Å². The monoisotopic (exact) mass is 259 g/mol. The minimum Gasteiger partial charge on any atom is -0.395 e. The highest BCUT2D eigenvalue weighted by molar-refractivity contribution is 4.97. The first-order valence-corrected chi connectivity index (χ1v) is 6.23. The van der Waals surface area contributed by atoms with E-state index in [1.165, 1.54) is 0 Å². The van der Waals surface area contributed by atoms with Crippen LogP contribution in [0.25, 0.3) is 0 Å². The minimum atomic E-state index is 0.0694. The predicted octanol–water partition coefficient (Wildman–Crippen LogP) is -0.454. The molecule has 0 aliphatic carbocycles. The van der Waals surface area contributed by atoms with E-state index >= 15 is 0 Å². The third-order valence-electron chi connectivity index (χ3n) is 2.34. The zero-order chi connectivity index (χ0) is 13.8. The summed E-state index contributed by atoms with van der Waals surface area (Å²) in [5.74, 6) is 1.07. The van der Waals surface area contributed by atoms with Crippen LogP contribution in [-0.4, -0.2) is 69.6 Å². The molecule has 0 bridgehead atoms. The molecule has 0 atom stereocenters. The Bertz CT molecular complexity index is 278. The molecular formula is C12H25N3O3. The van der Waals surface area contributed by atoms with Crippen molar-refractivity contribution in [2.75, 3.05) is 39.5 Å². The van der Waals surface area contributed by atoms with Crippen molar-refractivity contribution in [2.45, 2.75) is 20.3 Å². The summed E-state index contributed by atoms with van der Waals surface area (Å²) in [6.45, 7) is 5.84. The van der Waals surface area contributed by atoms with E-state index in [2.05, 4.69) is 16.9 Å². The Balaban J connectivity index is 0.000000327. The van der Waals surface area contributed by atoms with Crippen molar-refractivity contribution in [3.63, 3.8) is 0 Å². The summed E-state index contributed by atoms with van der Waals surface area (Å²) in [6, 6.07) is 0. The van der Waals surface area contributed by atoms with Gasteiger partial charge in [0.15, 0.2) is 0 Å². The Hall–Kier alpha value is -0.950. The molecule has 0 aromatic carbocycles. The van der Waals surface area contributed by atoms with Crippen molar-refractivity contribution in [3.8, 4) is 0 Å². The lowest BCUT2D eigenvalue weighted by molar-refractivity contribution is 0.136. The van der Waals surface area contributed by atoms with Crippen LogP contribution in [0.15, 0.2) is 6.20 Å². The number of rotatable bonds is 7. The molecule has 0 radical (unpaired) electrons. The fourth-order valence-corrected chi connectivity index (χ4v) is 1.41. The molecule has 1 rings (SSSR count). The van der Waals surface area contributed by atoms with E-state index in [1.54, 1.807) is 4.90 Å². The lowest BCUT2D eigenvalue weighted by atomic mass is 10.4. The number of aryl methyl sites for hydroxylation is 2. The maximum absolute atomic E-state index is 8.48. The number of nitrogens with zero attached hydrogens (tertiary/aromatic N) is 2. The van der Waals surface area contributed by atoms with Crippen LogP contribution in [0.1, 0.15) is 18.4 Å². The quantitative estimate of drug-likeness (QED) is 0.532. The predicted molar refractivity (Wildman–Crippen MR) is 70.4 cm³/mol. The number of hydrogen-bond acceptors (Lipinski definition) is 5. The van der Waals surface area contributed by atoms with E-state index < -0.39 is 0 Å². The number of aliphatic hydroxyl groups is 3. The summed E-state index contributed by atoms with van der Waals surface area (Å²) in [6.07, 6.45) is 2.84. The molecule has 0 fully saturated rings. The van der Waals surface area contributed by atoms with E-state index in [0.717, 1.165) is 17.9 Å². The Labute approximate surface area is 108 Å². The van der Waals surface area contributed by atoms with Crippen LogP contribution in [0.2, 0.25) is 0 Å². The summed E-state index contributed by atoms with van der Waals surface area (Å²) in [5, 5.41) is 25.5. The molecule has 106 valence electrons. The van der Waals surface area contributed by atoms with Gasteiger partial charge in [-0.3, -0.25) is 4.90 Å². The summed E-state index contributed by atoms with van der Waals surface area (Å²) < 4.78 is 0. The number of aromatic amines is 1. The Morgan fingerprint density at radius 3 is 1.83 bits per heavy atom. The molecule has 4 N–H and O–H groups in total. The van der Waals surface area contributed by atoms with Crippen LogP contribution in [0.3, 0.4) is 0 Å². The SMILES string of the molecule is CCc1ncc(C)[nH]1.OCCN(CCO)CCO. The molecule has 6 heteroatoms. The first kappa shape index (κ1) is 17.1. The fourth-order valence-electron chi connectivity index (χ4n) is 1.41. The topological polar surface area (TPSA) is 92.6 Å². The molecular weight excluding hydrogens is 234 g/mol. The van der Waals surface area contributed by atoms with Gasteiger partial charge in [0.25, 0.3) is 0 Å². The van der Waals surface area contributed by atoms with Crippen molar-refractivity contribution in [2.24, 2.45) is 0 Å². The Kier molecular flexibility index (Phi) is 10.6. The number of H-pyrrole nitrogens is 1. The Morgan fingerprint density at radius 1 is 1.11 bits per heavy atom. The van der Waals surface area contributed by atoms with Gasteiger partial charge in [0, 0.05) is 37.9 Å². The highest BCUT2D eigenvalue weighted by Gasteiger charge is 2.00. The number of nitrogens with one attached hydrogen (secondary N) is 1. The molecule has 0 saturated carbocycles. The van der Waals surface area contributed by atoms with Crippen molar-refractivity contribution in [1.82, 2.24) is 14.9 Å². The van der Waals surface area contributed by atoms with Crippen LogP contribution < -0.4 is 0 Å². The fraction of sp³-hybridized carbons (Fsp3) is 0.750. The van der Waals surface area contributed by atoms with Crippen LogP contribution >= 0.6 is 0 Å². The first-order valence-electron chi connectivity index (χ1n) is 6.23. The molecule has 0 spiro atoms. The second-order valence-corrected chi connectivity index (χ2v) is 3.88. The van der Waals surface area contributed by atoms with E-state index in [9.17, 15) is 0 Å². The zero-order valence-corrected chi connectivity index (χ0v) is 11.3. The number of aliphatic hydroxyl groups excluding tert-OH is 3. The van der Waals surface area contributed by atoms with Gasteiger partial charge in [-0.05, 0) is 6.92 Å². The van der Waals surface area contributed by atoms with E-state index in [1.807, 2.05) is 13.1 Å². The highest BCUT2D eigenvalue weighted by Crippen LogP contribution is 1.93. The molecule has 0 unspecified atom stereocenters. The minimum absolute atomic E-state index is 0.0694. The summed E-state index contributed by atoms with van der Waals surface area (Å²) >= 11 is 0. The first-order chi connectivity index (χ1) is 8.67. The van der Waals surface area contributed by atoms with Gasteiger partial charge < -0.3 is 20.3 Å². The number of aromatic nitrogens is 2. The second kappa shape index (κ2) is 11.2. The average molecular weight is 259 g/mol. The van der Waals surface area contributed by atoms with Crippen molar-refractivity contribution in [3.05, 3.63) is 17.7 Å².